The number of unbranched alkanes of at least 4 members (excludes halogenated alkanes) is 1. The molecule has 12 heavy (non-hydrogen) atoms. The van der Waals surface area contributed by atoms with Gasteiger partial charge in [0.15, 0.2) is 0 Å². The van der Waals surface area contributed by atoms with Crippen LogP contribution in [-0.4, -0.2) is 12.6 Å². The summed E-state index contributed by atoms with van der Waals surface area (Å²) in [7, 11) is 0. The molecule has 0 heterocycles. The van der Waals surface area contributed by atoms with Crippen LogP contribution in [0.25, 0.3) is 0 Å². The summed E-state index contributed by atoms with van der Waals surface area (Å²) in [5, 5.41) is 0. The molecule has 3 heteroatoms. The van der Waals surface area contributed by atoms with Gasteiger partial charge in [0, 0.05) is 6.20 Å². The van der Waals surface area contributed by atoms with Gasteiger partial charge in [0.1, 0.15) is 0 Å². The van der Waals surface area contributed by atoms with Crippen LogP contribution >= 0.6 is 0 Å². The van der Waals surface area contributed by atoms with Gasteiger partial charge in [-0.1, -0.05) is 20.3 Å². The fourth-order valence-corrected chi connectivity index (χ4v) is 0.732. The molecule has 0 unspecified atom stereocenters. The van der Waals surface area contributed by atoms with E-state index in [2.05, 4.69) is 0 Å². The molecule has 0 saturated carbocycles. The second kappa shape index (κ2) is 6.70. The van der Waals surface area contributed by atoms with E-state index in [9.17, 15) is 4.79 Å². The molecule has 0 rings (SSSR count). The second-order valence-electron chi connectivity index (χ2n) is 2.53. The quantitative estimate of drug-likeness (QED) is 0.388. The average molecular weight is 171 g/mol. The van der Waals surface area contributed by atoms with Crippen LogP contribution in [0.4, 0.5) is 0 Å². The molecule has 0 aliphatic heterocycles. The van der Waals surface area contributed by atoms with Crippen molar-refractivity contribution in [3.8, 4) is 0 Å². The Morgan fingerprint density at radius 3 is 2.58 bits per heavy atom. The molecule has 0 radical (unpaired) electrons. The lowest BCUT2D eigenvalue weighted by Crippen LogP contribution is -2.09. The SMILES string of the molecule is CCCCOC(=O)C(=CN)CC. The maximum absolute atomic E-state index is 11.1. The molecule has 0 aliphatic carbocycles. The van der Waals surface area contributed by atoms with Gasteiger partial charge < -0.3 is 10.5 Å². The van der Waals surface area contributed by atoms with E-state index in [1.807, 2.05) is 13.8 Å². The lowest BCUT2D eigenvalue weighted by molar-refractivity contribution is -0.139. The maximum Gasteiger partial charge on any atom is 0.335 e. The third-order valence-electron chi connectivity index (χ3n) is 1.58. The number of hydrogen-bond donors (Lipinski definition) is 1. The Morgan fingerprint density at radius 2 is 2.17 bits per heavy atom. The fourth-order valence-electron chi connectivity index (χ4n) is 0.732. The van der Waals surface area contributed by atoms with E-state index in [0.29, 0.717) is 18.6 Å². The highest BCUT2D eigenvalue weighted by Crippen LogP contribution is 2.01. The molecular formula is C9H17NO2. The van der Waals surface area contributed by atoms with Crippen LogP contribution in [0.15, 0.2) is 11.8 Å². The van der Waals surface area contributed by atoms with Gasteiger partial charge in [-0.2, -0.15) is 0 Å². The van der Waals surface area contributed by atoms with Crippen LogP contribution in [0.5, 0.6) is 0 Å². The van der Waals surface area contributed by atoms with Crippen molar-refractivity contribution in [1.29, 1.82) is 0 Å². The first kappa shape index (κ1) is 11.0. The summed E-state index contributed by atoms with van der Waals surface area (Å²) in [5.74, 6) is -0.284. The molecular weight excluding hydrogens is 154 g/mol. The summed E-state index contributed by atoms with van der Waals surface area (Å²) in [6.45, 7) is 4.42. The predicted octanol–water partition coefficient (Wildman–Crippen LogP) is 1.58. The van der Waals surface area contributed by atoms with Crippen molar-refractivity contribution in [3.05, 3.63) is 11.8 Å². The Balaban J connectivity index is 3.71. The highest BCUT2D eigenvalue weighted by molar-refractivity contribution is 5.88. The minimum atomic E-state index is -0.284. The van der Waals surface area contributed by atoms with Crippen molar-refractivity contribution >= 4 is 5.97 Å². The molecule has 3 nitrogen and oxygen atoms in total. The molecule has 70 valence electrons. The molecule has 0 aliphatic rings. The smallest absolute Gasteiger partial charge is 0.335 e. The highest BCUT2D eigenvalue weighted by atomic mass is 16.5. The fraction of sp³-hybridized carbons (Fsp3) is 0.667. The summed E-state index contributed by atoms with van der Waals surface area (Å²) >= 11 is 0. The standard InChI is InChI=1S/C9H17NO2/c1-3-5-6-12-9(11)8(4-2)7-10/h7H,3-6,10H2,1-2H3. The number of rotatable bonds is 5. The van der Waals surface area contributed by atoms with Crippen LogP contribution in [0.3, 0.4) is 0 Å². The van der Waals surface area contributed by atoms with Gasteiger partial charge in [-0.3, -0.25) is 0 Å². The van der Waals surface area contributed by atoms with E-state index in [0.717, 1.165) is 12.8 Å². The summed E-state index contributed by atoms with van der Waals surface area (Å²) in [6.07, 6.45) is 3.88. The third-order valence-corrected chi connectivity index (χ3v) is 1.58. The number of ether oxygens (including phenoxy) is 1. The third kappa shape index (κ3) is 4.01. The number of carbonyl (C=O) groups is 1. The molecule has 0 aromatic rings. The minimum Gasteiger partial charge on any atom is -0.462 e. The molecule has 0 spiro atoms. The highest BCUT2D eigenvalue weighted by Gasteiger charge is 2.06. The Morgan fingerprint density at radius 1 is 1.50 bits per heavy atom. The summed E-state index contributed by atoms with van der Waals surface area (Å²) < 4.78 is 4.94. The average Bonchev–Trinajstić information content (AvgIpc) is 2.07. The van der Waals surface area contributed by atoms with E-state index in [1.165, 1.54) is 6.20 Å². The Labute approximate surface area is 73.6 Å². The van der Waals surface area contributed by atoms with E-state index in [1.54, 1.807) is 0 Å². The second-order valence-corrected chi connectivity index (χ2v) is 2.53. The zero-order valence-electron chi connectivity index (χ0n) is 7.80. The van der Waals surface area contributed by atoms with Gasteiger partial charge >= 0.3 is 5.97 Å². The van der Waals surface area contributed by atoms with Crippen LogP contribution < -0.4 is 5.73 Å². The van der Waals surface area contributed by atoms with Crippen molar-refractivity contribution in [3.63, 3.8) is 0 Å². The Kier molecular flexibility index (Phi) is 6.15. The number of nitrogens with two attached hydrogens (primary N) is 1. The van der Waals surface area contributed by atoms with Gasteiger partial charge in [0.2, 0.25) is 0 Å². The minimum absolute atomic E-state index is 0.284. The molecule has 0 atom stereocenters. The van der Waals surface area contributed by atoms with E-state index >= 15 is 0 Å². The topological polar surface area (TPSA) is 52.3 Å². The van der Waals surface area contributed by atoms with Gasteiger partial charge in [0.05, 0.1) is 12.2 Å². The first-order valence-electron chi connectivity index (χ1n) is 4.34. The first-order valence-corrected chi connectivity index (χ1v) is 4.34. The Bertz CT molecular complexity index is 164. The zero-order valence-corrected chi connectivity index (χ0v) is 7.80. The van der Waals surface area contributed by atoms with Crippen molar-refractivity contribution in [2.45, 2.75) is 33.1 Å². The summed E-state index contributed by atoms with van der Waals surface area (Å²) in [4.78, 5) is 11.1. The molecule has 0 aromatic carbocycles. The van der Waals surface area contributed by atoms with E-state index < -0.39 is 0 Å². The monoisotopic (exact) mass is 171 g/mol. The lowest BCUT2D eigenvalue weighted by Gasteiger charge is -2.04. The molecule has 0 saturated heterocycles. The number of carbonyl (C=O) groups excluding carboxylic acids is 1. The van der Waals surface area contributed by atoms with Gasteiger partial charge in [-0.25, -0.2) is 4.79 Å². The van der Waals surface area contributed by atoms with E-state index in [-0.39, 0.29) is 5.97 Å². The summed E-state index contributed by atoms with van der Waals surface area (Å²) in [5.41, 5.74) is 5.77. The van der Waals surface area contributed by atoms with Crippen LogP contribution in [0.2, 0.25) is 0 Å². The number of hydrogen-bond acceptors (Lipinski definition) is 3. The number of esters is 1. The van der Waals surface area contributed by atoms with Crippen molar-refractivity contribution in [2.24, 2.45) is 5.73 Å². The van der Waals surface area contributed by atoms with E-state index in [4.69, 9.17) is 10.5 Å². The first-order chi connectivity index (χ1) is 5.76. The molecule has 0 fully saturated rings. The zero-order chi connectivity index (χ0) is 9.40. The molecule has 0 aromatic heterocycles. The normalized spacial score (nSPS) is 11.3. The van der Waals surface area contributed by atoms with Gasteiger partial charge in [-0.05, 0) is 12.8 Å². The van der Waals surface area contributed by atoms with Crippen LogP contribution in [-0.2, 0) is 9.53 Å². The van der Waals surface area contributed by atoms with Crippen LogP contribution in [0.1, 0.15) is 33.1 Å². The summed E-state index contributed by atoms with van der Waals surface area (Å²) in [6, 6.07) is 0. The molecule has 0 bridgehead atoms. The van der Waals surface area contributed by atoms with Crippen molar-refractivity contribution < 1.29 is 9.53 Å². The van der Waals surface area contributed by atoms with Crippen molar-refractivity contribution in [1.82, 2.24) is 0 Å². The molecule has 0 amide bonds. The van der Waals surface area contributed by atoms with Crippen molar-refractivity contribution in [2.75, 3.05) is 6.61 Å². The molecule has 2 N–H and O–H groups in total. The largest absolute Gasteiger partial charge is 0.462 e. The Hall–Kier alpha value is -0.990. The lowest BCUT2D eigenvalue weighted by atomic mass is 10.2. The van der Waals surface area contributed by atoms with Gasteiger partial charge in [0.25, 0.3) is 0 Å². The maximum atomic E-state index is 11.1. The predicted molar refractivity (Wildman–Crippen MR) is 48.4 cm³/mol. The van der Waals surface area contributed by atoms with Crippen LogP contribution in [0, 0.1) is 0 Å². The van der Waals surface area contributed by atoms with Gasteiger partial charge in [-0.15, -0.1) is 0 Å².